The third kappa shape index (κ3) is 4.38. The minimum atomic E-state index is -1.21. The second-order valence-corrected chi connectivity index (χ2v) is 9.05. The SMILES string of the molecule is CCc1nn(CCCc2c(Cl)cc(F)cc2C(=O)O)c2c1C(=O)NCC1(CCOCC1)C2. The molecule has 0 unspecified atom stereocenters. The smallest absolute Gasteiger partial charge is 0.336 e. The first-order valence-electron chi connectivity index (χ1n) is 11.0. The van der Waals surface area contributed by atoms with Crippen molar-refractivity contribution in [2.45, 2.75) is 52.0 Å². The van der Waals surface area contributed by atoms with Crippen molar-refractivity contribution in [1.82, 2.24) is 15.1 Å². The Morgan fingerprint density at radius 1 is 1.38 bits per heavy atom. The lowest BCUT2D eigenvalue weighted by molar-refractivity contribution is 0.0152. The number of hydrogen-bond acceptors (Lipinski definition) is 4. The summed E-state index contributed by atoms with van der Waals surface area (Å²) in [6.07, 6.45) is 4.07. The van der Waals surface area contributed by atoms with Crippen molar-refractivity contribution in [1.29, 1.82) is 0 Å². The molecule has 2 N–H and O–H groups in total. The molecule has 7 nitrogen and oxygen atoms in total. The van der Waals surface area contributed by atoms with Crippen LogP contribution in [0, 0.1) is 11.2 Å². The highest BCUT2D eigenvalue weighted by molar-refractivity contribution is 6.31. The molecule has 0 aliphatic carbocycles. The van der Waals surface area contributed by atoms with Crippen LogP contribution in [0.25, 0.3) is 0 Å². The van der Waals surface area contributed by atoms with Crippen LogP contribution in [0.4, 0.5) is 4.39 Å². The zero-order valence-electron chi connectivity index (χ0n) is 18.0. The van der Waals surface area contributed by atoms with Gasteiger partial charge in [-0.3, -0.25) is 9.48 Å². The molecule has 1 fully saturated rings. The number of aromatic nitrogens is 2. The van der Waals surface area contributed by atoms with Gasteiger partial charge in [-0.2, -0.15) is 5.10 Å². The number of halogens is 2. The van der Waals surface area contributed by atoms with Crippen LogP contribution in [0.1, 0.15) is 63.9 Å². The van der Waals surface area contributed by atoms with Crippen LogP contribution in [0.3, 0.4) is 0 Å². The largest absolute Gasteiger partial charge is 0.478 e. The number of ether oxygens (including phenoxy) is 1. The molecule has 9 heteroatoms. The summed E-state index contributed by atoms with van der Waals surface area (Å²) in [5.74, 6) is -1.96. The van der Waals surface area contributed by atoms with Gasteiger partial charge < -0.3 is 15.2 Å². The molecule has 0 atom stereocenters. The number of aromatic carboxylic acids is 1. The van der Waals surface area contributed by atoms with E-state index < -0.39 is 11.8 Å². The zero-order valence-corrected chi connectivity index (χ0v) is 18.8. The van der Waals surface area contributed by atoms with Crippen molar-refractivity contribution in [3.8, 4) is 0 Å². The molecular formula is C23H27ClFN3O4. The van der Waals surface area contributed by atoms with Crippen molar-refractivity contribution >= 4 is 23.5 Å². The maximum Gasteiger partial charge on any atom is 0.336 e. The Morgan fingerprint density at radius 3 is 2.81 bits per heavy atom. The number of nitrogens with one attached hydrogen (secondary N) is 1. The molecule has 2 aliphatic heterocycles. The maximum atomic E-state index is 13.6. The highest BCUT2D eigenvalue weighted by atomic mass is 35.5. The van der Waals surface area contributed by atoms with Crippen molar-refractivity contribution in [3.05, 3.63) is 51.1 Å². The number of nitrogens with zero attached hydrogens (tertiary/aromatic N) is 2. The molecule has 32 heavy (non-hydrogen) atoms. The summed E-state index contributed by atoms with van der Waals surface area (Å²) in [7, 11) is 0. The van der Waals surface area contributed by atoms with Gasteiger partial charge in [-0.05, 0) is 61.6 Å². The molecule has 0 bridgehead atoms. The monoisotopic (exact) mass is 463 g/mol. The Labute approximate surface area is 190 Å². The molecule has 172 valence electrons. The molecule has 1 saturated heterocycles. The van der Waals surface area contributed by atoms with E-state index in [1.807, 2.05) is 11.6 Å². The summed E-state index contributed by atoms with van der Waals surface area (Å²) in [4.78, 5) is 24.4. The molecule has 1 aromatic heterocycles. The van der Waals surface area contributed by atoms with E-state index in [9.17, 15) is 19.1 Å². The van der Waals surface area contributed by atoms with Gasteiger partial charge in [0.2, 0.25) is 0 Å². The van der Waals surface area contributed by atoms with Crippen molar-refractivity contribution in [3.63, 3.8) is 0 Å². The van der Waals surface area contributed by atoms with E-state index in [0.29, 0.717) is 56.7 Å². The summed E-state index contributed by atoms with van der Waals surface area (Å²) in [6, 6.07) is 2.13. The first-order valence-corrected chi connectivity index (χ1v) is 11.4. The molecule has 2 aromatic rings. The van der Waals surface area contributed by atoms with Crippen LogP contribution in [0.15, 0.2) is 12.1 Å². The first kappa shape index (κ1) is 22.7. The standard InChI is InChI=1S/C23H27ClFN3O4/c1-2-18-20-19(12-23(13-26-21(20)29)5-8-32-9-6-23)28(27-18)7-3-4-15-16(22(30)31)10-14(25)11-17(15)24/h10-11H,2-9,12-13H2,1H3,(H,26,29)(H,30,31). The van der Waals surface area contributed by atoms with Gasteiger partial charge >= 0.3 is 5.97 Å². The van der Waals surface area contributed by atoms with Crippen LogP contribution in [-0.4, -0.2) is 46.5 Å². The molecule has 2 aliphatic rings. The lowest BCUT2D eigenvalue weighted by Crippen LogP contribution is -2.40. The van der Waals surface area contributed by atoms with E-state index >= 15 is 0 Å². The Bertz CT molecular complexity index is 1050. The number of carbonyl (C=O) groups is 2. The average Bonchev–Trinajstić information content (AvgIpc) is 3.03. The van der Waals surface area contributed by atoms with Gasteiger partial charge in [0.15, 0.2) is 0 Å². The molecule has 1 aromatic carbocycles. The van der Waals surface area contributed by atoms with Crippen LogP contribution in [0.5, 0.6) is 0 Å². The second kappa shape index (κ2) is 9.19. The zero-order chi connectivity index (χ0) is 22.9. The second-order valence-electron chi connectivity index (χ2n) is 8.64. The summed E-state index contributed by atoms with van der Waals surface area (Å²) in [5.41, 5.74) is 2.62. The van der Waals surface area contributed by atoms with Crippen LogP contribution < -0.4 is 5.32 Å². The number of rotatable bonds is 6. The van der Waals surface area contributed by atoms with Gasteiger partial charge in [-0.15, -0.1) is 0 Å². The summed E-state index contributed by atoms with van der Waals surface area (Å²) < 4.78 is 21.1. The number of amides is 1. The van der Waals surface area contributed by atoms with Crippen molar-refractivity contribution in [2.75, 3.05) is 19.8 Å². The number of carboxylic acid groups (broad SMARTS) is 1. The summed E-state index contributed by atoms with van der Waals surface area (Å²) >= 11 is 6.15. The van der Waals surface area contributed by atoms with Crippen LogP contribution in [0.2, 0.25) is 5.02 Å². The molecule has 1 spiro atoms. The van der Waals surface area contributed by atoms with E-state index in [1.54, 1.807) is 0 Å². The number of carboxylic acids is 1. The van der Waals surface area contributed by atoms with Crippen LogP contribution in [-0.2, 0) is 30.5 Å². The Kier molecular flexibility index (Phi) is 6.53. The Balaban J connectivity index is 1.60. The minimum Gasteiger partial charge on any atom is -0.478 e. The lowest BCUT2D eigenvalue weighted by atomic mass is 9.76. The summed E-state index contributed by atoms with van der Waals surface area (Å²) in [5, 5.41) is 17.4. The fraction of sp³-hybridized carbons (Fsp3) is 0.522. The number of hydrogen-bond donors (Lipinski definition) is 2. The van der Waals surface area contributed by atoms with Crippen molar-refractivity contribution < 1.29 is 23.8 Å². The number of carbonyl (C=O) groups excluding carboxylic acids is 1. The molecular weight excluding hydrogens is 437 g/mol. The fourth-order valence-corrected chi connectivity index (χ4v) is 5.11. The molecule has 0 saturated carbocycles. The highest BCUT2D eigenvalue weighted by Crippen LogP contribution is 2.37. The molecule has 3 heterocycles. The van der Waals surface area contributed by atoms with E-state index in [4.69, 9.17) is 21.4 Å². The van der Waals surface area contributed by atoms with Gasteiger partial charge in [0.05, 0.1) is 22.5 Å². The van der Waals surface area contributed by atoms with Gasteiger partial charge in [0.25, 0.3) is 5.91 Å². The predicted octanol–water partition coefficient (Wildman–Crippen LogP) is 3.65. The Hall–Kier alpha value is -2.45. The van der Waals surface area contributed by atoms with Gasteiger partial charge in [0, 0.05) is 31.3 Å². The molecule has 1 amide bonds. The quantitative estimate of drug-likeness (QED) is 0.682. The van der Waals surface area contributed by atoms with Gasteiger partial charge in [-0.1, -0.05) is 18.5 Å². The molecule has 4 rings (SSSR count). The lowest BCUT2D eigenvalue weighted by Gasteiger charge is -2.36. The van der Waals surface area contributed by atoms with Crippen molar-refractivity contribution in [2.24, 2.45) is 5.41 Å². The number of aryl methyl sites for hydroxylation is 2. The average molecular weight is 464 g/mol. The van der Waals surface area contributed by atoms with Crippen LogP contribution >= 0.6 is 11.6 Å². The van der Waals surface area contributed by atoms with E-state index in [2.05, 4.69) is 5.32 Å². The predicted molar refractivity (Wildman–Crippen MR) is 117 cm³/mol. The van der Waals surface area contributed by atoms with Gasteiger partial charge in [0.1, 0.15) is 5.82 Å². The minimum absolute atomic E-state index is 0.0430. The number of fused-ring (bicyclic) bond motifs is 1. The first-order chi connectivity index (χ1) is 15.3. The van der Waals surface area contributed by atoms with Gasteiger partial charge in [-0.25, -0.2) is 9.18 Å². The van der Waals surface area contributed by atoms with E-state index in [0.717, 1.165) is 42.8 Å². The number of benzene rings is 1. The summed E-state index contributed by atoms with van der Waals surface area (Å²) in [6.45, 7) is 4.48. The highest BCUT2D eigenvalue weighted by Gasteiger charge is 2.39. The fourth-order valence-electron chi connectivity index (χ4n) is 4.81. The third-order valence-corrected chi connectivity index (χ3v) is 6.94. The molecule has 0 radical (unpaired) electrons. The van der Waals surface area contributed by atoms with E-state index in [-0.39, 0.29) is 21.9 Å². The third-order valence-electron chi connectivity index (χ3n) is 6.60. The maximum absolute atomic E-state index is 13.6. The topological polar surface area (TPSA) is 93.5 Å². The Morgan fingerprint density at radius 2 is 2.12 bits per heavy atom. The normalized spacial score (nSPS) is 17.7. The van der Waals surface area contributed by atoms with E-state index in [1.165, 1.54) is 0 Å².